The Morgan fingerprint density at radius 1 is 1.40 bits per heavy atom. The molecule has 0 bridgehead atoms. The summed E-state index contributed by atoms with van der Waals surface area (Å²) in [6.07, 6.45) is 0. The highest BCUT2D eigenvalue weighted by Gasteiger charge is 2.31. The molecule has 0 aromatic rings. The smallest absolute Gasteiger partial charge is 0.324 e. The molecule has 2 atom stereocenters. The largest absolute Gasteiger partial charge is 0.448 e. The molecule has 0 saturated heterocycles. The van der Waals surface area contributed by atoms with E-state index in [-0.39, 0.29) is 16.8 Å². The van der Waals surface area contributed by atoms with Crippen LogP contribution in [-0.4, -0.2) is 17.4 Å². The van der Waals surface area contributed by atoms with Crippen molar-refractivity contribution in [2.75, 3.05) is 0 Å². The van der Waals surface area contributed by atoms with Crippen LogP contribution in [-0.2, 0) is 9.53 Å². The average Bonchev–Trinajstić information content (AvgIpc) is 2.10. The van der Waals surface area contributed by atoms with Gasteiger partial charge in [-0.05, 0) is 27.6 Å². The molecule has 5 heteroatoms. The van der Waals surface area contributed by atoms with Crippen molar-refractivity contribution in [3.05, 3.63) is 0 Å². The molecule has 90 valence electrons. The second-order valence-corrected chi connectivity index (χ2v) is 6.13. The number of hydrogen-bond acceptors (Lipinski definition) is 4. The summed E-state index contributed by atoms with van der Waals surface area (Å²) in [5, 5.41) is 0. The first kappa shape index (κ1) is 15.1. The number of hydrogen-bond donors (Lipinski definition) is 1. The van der Waals surface area contributed by atoms with Gasteiger partial charge in [0.15, 0.2) is 5.44 Å². The van der Waals surface area contributed by atoms with Gasteiger partial charge in [-0.15, -0.1) is 0 Å². The molecule has 0 aliphatic rings. The zero-order valence-corrected chi connectivity index (χ0v) is 11.5. The number of carbonyl (C=O) groups is 1. The zero-order chi connectivity index (χ0) is 12.2. The van der Waals surface area contributed by atoms with Gasteiger partial charge in [0.1, 0.15) is 6.04 Å². The minimum atomic E-state index is -0.585. The molecular weight excluding hydrogens is 234 g/mol. The topological polar surface area (TPSA) is 52.3 Å². The standard InChI is InChI=1S/C10H20ClNO2S/c1-6(2)7(12)8(13)14-9(15-11)10(3,4)5/h6-7,9H,12H2,1-5H3. The zero-order valence-electron chi connectivity index (χ0n) is 9.91. The third-order valence-corrected chi connectivity index (χ3v) is 3.45. The SMILES string of the molecule is CC(C)C(N)C(=O)OC(SCl)C(C)(C)C. The predicted molar refractivity (Wildman–Crippen MR) is 65.6 cm³/mol. The molecule has 0 heterocycles. The van der Waals surface area contributed by atoms with E-state index in [4.69, 9.17) is 21.2 Å². The Kier molecular flexibility index (Phi) is 5.99. The van der Waals surface area contributed by atoms with Gasteiger partial charge in [-0.1, -0.05) is 34.6 Å². The number of carbonyl (C=O) groups excluding carboxylic acids is 1. The lowest BCUT2D eigenvalue weighted by molar-refractivity contribution is -0.151. The predicted octanol–water partition coefficient (Wildman–Crippen LogP) is 2.77. The fraction of sp³-hybridized carbons (Fsp3) is 0.900. The van der Waals surface area contributed by atoms with Gasteiger partial charge in [0.25, 0.3) is 0 Å². The fourth-order valence-corrected chi connectivity index (χ4v) is 2.09. The first-order valence-electron chi connectivity index (χ1n) is 4.93. The van der Waals surface area contributed by atoms with E-state index in [1.54, 1.807) is 0 Å². The van der Waals surface area contributed by atoms with Crippen LogP contribution in [0.4, 0.5) is 0 Å². The van der Waals surface area contributed by atoms with Gasteiger partial charge in [-0.25, -0.2) is 0 Å². The van der Waals surface area contributed by atoms with Crippen LogP contribution < -0.4 is 5.73 Å². The number of nitrogens with two attached hydrogens (primary N) is 1. The van der Waals surface area contributed by atoms with Crippen molar-refractivity contribution in [2.45, 2.75) is 46.1 Å². The summed E-state index contributed by atoms with van der Waals surface area (Å²) in [7, 11) is 6.69. The maximum absolute atomic E-state index is 11.6. The summed E-state index contributed by atoms with van der Waals surface area (Å²) in [5.74, 6) is -0.323. The first-order chi connectivity index (χ1) is 6.70. The summed E-state index contributed by atoms with van der Waals surface area (Å²) < 4.78 is 5.25. The van der Waals surface area contributed by atoms with Crippen LogP contribution in [0.1, 0.15) is 34.6 Å². The van der Waals surface area contributed by atoms with Gasteiger partial charge in [-0.3, -0.25) is 4.79 Å². The van der Waals surface area contributed by atoms with Gasteiger partial charge < -0.3 is 10.5 Å². The molecule has 2 unspecified atom stereocenters. The van der Waals surface area contributed by atoms with E-state index in [1.807, 2.05) is 34.6 Å². The van der Waals surface area contributed by atoms with Crippen LogP contribution in [0.15, 0.2) is 0 Å². The van der Waals surface area contributed by atoms with Crippen LogP contribution in [0.3, 0.4) is 0 Å². The highest BCUT2D eigenvalue weighted by atomic mass is 35.7. The summed E-state index contributed by atoms with van der Waals surface area (Å²) in [4.78, 5) is 11.6. The van der Waals surface area contributed by atoms with E-state index in [1.165, 1.54) is 0 Å². The minimum absolute atomic E-state index is 0.0680. The van der Waals surface area contributed by atoms with E-state index < -0.39 is 12.0 Å². The molecule has 0 rings (SSSR count). The molecular formula is C10H20ClNO2S. The fourth-order valence-electron chi connectivity index (χ4n) is 0.785. The van der Waals surface area contributed by atoms with E-state index in [0.29, 0.717) is 0 Å². The highest BCUT2D eigenvalue weighted by Crippen LogP contribution is 2.33. The Bertz CT molecular complexity index is 216. The van der Waals surface area contributed by atoms with Gasteiger partial charge in [-0.2, -0.15) is 0 Å². The molecule has 0 spiro atoms. The summed E-state index contributed by atoms with van der Waals surface area (Å²) in [6.45, 7) is 9.64. The van der Waals surface area contributed by atoms with Crippen molar-refractivity contribution < 1.29 is 9.53 Å². The van der Waals surface area contributed by atoms with Gasteiger partial charge in [0, 0.05) is 5.41 Å². The first-order valence-corrected chi connectivity index (χ1v) is 6.64. The minimum Gasteiger partial charge on any atom is -0.448 e. The van der Waals surface area contributed by atoms with Gasteiger partial charge in [0.05, 0.1) is 0 Å². The lowest BCUT2D eigenvalue weighted by Crippen LogP contribution is -2.40. The van der Waals surface area contributed by atoms with Crippen molar-refractivity contribution in [2.24, 2.45) is 17.1 Å². The molecule has 3 nitrogen and oxygen atoms in total. The van der Waals surface area contributed by atoms with Crippen molar-refractivity contribution in [3.8, 4) is 0 Å². The highest BCUT2D eigenvalue weighted by molar-refractivity contribution is 8.21. The molecule has 0 aromatic carbocycles. The molecule has 0 fully saturated rings. The molecule has 0 radical (unpaired) electrons. The van der Waals surface area contributed by atoms with Crippen LogP contribution in [0.2, 0.25) is 0 Å². The van der Waals surface area contributed by atoms with Crippen LogP contribution in [0.5, 0.6) is 0 Å². The van der Waals surface area contributed by atoms with Crippen molar-refractivity contribution >= 4 is 27.6 Å². The Balaban J connectivity index is 4.38. The lowest BCUT2D eigenvalue weighted by Gasteiger charge is -2.28. The Morgan fingerprint density at radius 2 is 1.87 bits per heavy atom. The molecule has 15 heavy (non-hydrogen) atoms. The Labute approximate surface area is 101 Å². The lowest BCUT2D eigenvalue weighted by atomic mass is 9.98. The molecule has 0 saturated carbocycles. The Morgan fingerprint density at radius 3 is 2.13 bits per heavy atom. The van der Waals surface area contributed by atoms with Gasteiger partial charge >= 0.3 is 5.97 Å². The maximum atomic E-state index is 11.6. The number of esters is 1. The quantitative estimate of drug-likeness (QED) is 0.618. The second kappa shape index (κ2) is 5.97. The van der Waals surface area contributed by atoms with E-state index in [2.05, 4.69) is 0 Å². The third-order valence-electron chi connectivity index (χ3n) is 2.00. The van der Waals surface area contributed by atoms with E-state index in [0.717, 1.165) is 11.0 Å². The van der Waals surface area contributed by atoms with Crippen molar-refractivity contribution in [1.82, 2.24) is 0 Å². The van der Waals surface area contributed by atoms with Crippen LogP contribution >= 0.6 is 21.7 Å². The monoisotopic (exact) mass is 253 g/mol. The van der Waals surface area contributed by atoms with Crippen molar-refractivity contribution in [3.63, 3.8) is 0 Å². The van der Waals surface area contributed by atoms with E-state index in [9.17, 15) is 4.79 Å². The van der Waals surface area contributed by atoms with Crippen molar-refractivity contribution in [1.29, 1.82) is 0 Å². The van der Waals surface area contributed by atoms with Gasteiger partial charge in [0.2, 0.25) is 0 Å². The Hall–Kier alpha value is 0.0700. The molecule has 0 amide bonds. The number of ether oxygens (including phenoxy) is 1. The average molecular weight is 254 g/mol. The third kappa shape index (κ3) is 5.09. The number of halogens is 1. The van der Waals surface area contributed by atoms with Crippen LogP contribution in [0.25, 0.3) is 0 Å². The van der Waals surface area contributed by atoms with E-state index >= 15 is 0 Å². The molecule has 2 N–H and O–H groups in total. The van der Waals surface area contributed by atoms with Crippen LogP contribution in [0, 0.1) is 11.3 Å². The molecule has 0 aromatic heterocycles. The normalized spacial score (nSPS) is 16.3. The maximum Gasteiger partial charge on any atom is 0.324 e. The summed E-state index contributed by atoms with van der Waals surface area (Å²) >= 11 is 0. The summed E-state index contributed by atoms with van der Waals surface area (Å²) in [6, 6.07) is -0.585. The molecule has 0 aliphatic carbocycles. The summed E-state index contributed by atoms with van der Waals surface area (Å²) in [5.41, 5.74) is 5.11. The number of rotatable bonds is 4. The second-order valence-electron chi connectivity index (χ2n) is 4.99. The molecule has 0 aliphatic heterocycles.